The van der Waals surface area contributed by atoms with Gasteiger partial charge in [-0.05, 0) is 220 Å². The van der Waals surface area contributed by atoms with Gasteiger partial charge in [0.15, 0.2) is 0 Å². The molecular weight excluding hydrogens is 1590 g/mol. The van der Waals surface area contributed by atoms with Crippen molar-refractivity contribution in [3.63, 3.8) is 0 Å². The summed E-state index contributed by atoms with van der Waals surface area (Å²) in [5.41, 5.74) is 33.1. The van der Waals surface area contributed by atoms with E-state index in [0.717, 1.165) is 188 Å². The van der Waals surface area contributed by atoms with Crippen molar-refractivity contribution in [1.29, 1.82) is 0 Å². The Kier molecular flexibility index (Phi) is 17.8. The van der Waals surface area contributed by atoms with E-state index >= 15 is 0 Å². The first-order valence-corrected chi connectivity index (χ1v) is 44.1. The quantitative estimate of drug-likeness (QED) is 0.139. The van der Waals surface area contributed by atoms with E-state index in [0.29, 0.717) is 0 Å². The van der Waals surface area contributed by atoms with Crippen molar-refractivity contribution in [2.45, 2.75) is 19.3 Å². The Labute approximate surface area is 747 Å². The lowest BCUT2D eigenvalue weighted by Crippen LogP contribution is -2.15. The van der Waals surface area contributed by atoms with Gasteiger partial charge in [0.2, 0.25) is 0 Å². The number of hydrogen-bond acceptors (Lipinski definition) is 9. The topological polar surface area (TPSA) is 117 Å². The van der Waals surface area contributed by atoms with Gasteiger partial charge >= 0.3 is 0 Å². The lowest BCUT2D eigenvalue weighted by atomic mass is 9.81. The number of aromatic nitrogens is 6. The van der Waals surface area contributed by atoms with Crippen LogP contribution in [0.1, 0.15) is 25.0 Å². The maximum atomic E-state index is 6.23. The molecule has 130 heavy (non-hydrogen) atoms. The predicted octanol–water partition coefficient (Wildman–Crippen LogP) is 32.5. The van der Waals surface area contributed by atoms with E-state index in [1.165, 1.54) is 76.6 Å². The van der Waals surface area contributed by atoms with Gasteiger partial charge in [0, 0.05) is 94.3 Å². The van der Waals surface area contributed by atoms with Crippen LogP contribution in [-0.2, 0) is 5.41 Å². The van der Waals surface area contributed by atoms with Gasteiger partial charge in [-0.3, -0.25) is 9.97 Å². The number of para-hydroxylation sites is 3. The fourth-order valence-electron chi connectivity index (χ4n) is 20.0. The second-order valence-electron chi connectivity index (χ2n) is 34.2. The summed E-state index contributed by atoms with van der Waals surface area (Å²) in [6.07, 6.45) is 3.71. The summed E-state index contributed by atoms with van der Waals surface area (Å²) in [4.78, 5) is 30.6. The summed E-state index contributed by atoms with van der Waals surface area (Å²) in [5, 5.41) is 18.5. The second kappa shape index (κ2) is 30.6. The molecule has 1 aliphatic carbocycles. The summed E-state index contributed by atoms with van der Waals surface area (Å²) in [6.45, 7) is 4.67. The van der Waals surface area contributed by atoms with Crippen LogP contribution in [0.4, 0.5) is 0 Å². The summed E-state index contributed by atoms with van der Waals surface area (Å²) in [7, 11) is 0. The number of hydrogen-bond donors (Lipinski definition) is 0. The first-order valence-electron chi connectivity index (χ1n) is 44.1. The van der Waals surface area contributed by atoms with E-state index in [4.69, 9.17) is 43.2 Å². The fourth-order valence-corrected chi connectivity index (χ4v) is 20.0. The normalized spacial score (nSPS) is 12.3. The van der Waals surface area contributed by atoms with Gasteiger partial charge in [-0.15, -0.1) is 0 Å². The fraction of sp³-hybridized carbons (Fsp3) is 0.0248. The summed E-state index contributed by atoms with van der Waals surface area (Å²) >= 11 is 0. The molecule has 27 rings (SSSR count). The van der Waals surface area contributed by atoms with Crippen LogP contribution in [-0.4, -0.2) is 29.9 Å². The van der Waals surface area contributed by atoms with E-state index in [-0.39, 0.29) is 5.41 Å². The average Bonchev–Trinajstić information content (AvgIpc) is 1.55. The van der Waals surface area contributed by atoms with Crippen LogP contribution in [0.2, 0.25) is 0 Å². The molecule has 0 atom stereocenters. The number of benzene rings is 18. The van der Waals surface area contributed by atoms with Crippen molar-refractivity contribution in [1.82, 2.24) is 29.9 Å². The van der Waals surface area contributed by atoms with E-state index < -0.39 is 0 Å². The molecule has 0 aliphatic heterocycles. The van der Waals surface area contributed by atoms with E-state index in [9.17, 15) is 0 Å². The molecule has 0 N–H and O–H groups in total. The Morgan fingerprint density at radius 3 is 1.24 bits per heavy atom. The van der Waals surface area contributed by atoms with Crippen molar-refractivity contribution >= 4 is 142 Å². The van der Waals surface area contributed by atoms with Crippen molar-refractivity contribution in [3.05, 3.63) is 436 Å². The minimum Gasteiger partial charge on any atom is -0.456 e. The second-order valence-corrected chi connectivity index (χ2v) is 34.2. The van der Waals surface area contributed by atoms with Crippen LogP contribution in [0.5, 0.6) is 0 Å². The van der Waals surface area contributed by atoms with Gasteiger partial charge in [0.25, 0.3) is 0 Å². The van der Waals surface area contributed by atoms with Crippen LogP contribution in [0, 0.1) is 0 Å². The molecule has 9 nitrogen and oxygen atoms in total. The van der Waals surface area contributed by atoms with E-state index in [1.807, 2.05) is 103 Å². The monoisotopic (exact) mass is 1660 g/mol. The summed E-state index contributed by atoms with van der Waals surface area (Å²) in [5.74, 6) is 0. The molecular formula is C121H76N6O3. The van der Waals surface area contributed by atoms with Crippen LogP contribution >= 0.6 is 0 Å². The Morgan fingerprint density at radius 1 is 0.192 bits per heavy atom. The number of pyridine rings is 4. The standard InChI is InChI=1S/C42H26N2O.C40H24N2O.C39H26N2O/c1-3-12-27(13-4-1)41-42(28-14-5-2-6-15-28)44-37-26-29(22-25-36(37)43-41)30-23-24-33(32-17-8-7-16-31(30)32)34-19-11-21-39-40(34)35-18-9-10-20-38(35)45-39;1-2-10-26-23-27(19-18-25(26)9-1)40-33-15-8-22-41-35(33)24-36(42-40)31-21-20-30(28-11-3-4-12-29(28)31)32-14-7-17-38-39(32)34-13-5-6-16-37(34)43-38;1-39(2)32-21-26(13-15-27(32)30-18-23-8-3-4-9-24(23)20-33(30)39)38-29-11-7-17-40-35(29)22-34(41-38)25-14-16-37-31(19-25)28-10-5-6-12-36(28)42-37/h1-26H;1-24H;3-22H,1-2H3. The van der Waals surface area contributed by atoms with Crippen LogP contribution in [0.25, 0.3) is 254 Å². The highest BCUT2D eigenvalue weighted by Crippen LogP contribution is 2.53. The average molecular weight is 1660 g/mol. The molecule has 9 heteroatoms. The molecule has 0 saturated carbocycles. The maximum Gasteiger partial charge on any atom is 0.136 e. The SMILES string of the molecule is CC1(C)c2cc(-c3nc(-c4ccc5oc6ccccc6c5c4)cc4ncccc34)ccc2-c2cc3ccccc3cc21.c1ccc(-c2nc3ccc(-c4ccc(-c5cccc6oc7ccccc7c56)c5ccccc45)cc3nc2-c2ccccc2)cc1.c1ccc2cc(-c3nc(-c4ccc(-c5cccc6oc7ccccc7c56)c5ccccc45)cc4ncccc34)ccc2c1. The zero-order valence-electron chi connectivity index (χ0n) is 70.8. The van der Waals surface area contributed by atoms with Crippen LogP contribution in [0.15, 0.2) is 438 Å². The summed E-state index contributed by atoms with van der Waals surface area (Å²) in [6, 6.07) is 145. The van der Waals surface area contributed by atoms with Crippen molar-refractivity contribution < 1.29 is 13.3 Å². The first-order chi connectivity index (χ1) is 64.2. The van der Waals surface area contributed by atoms with Gasteiger partial charge in [-0.2, -0.15) is 0 Å². The highest BCUT2D eigenvalue weighted by atomic mass is 16.3. The van der Waals surface area contributed by atoms with E-state index in [2.05, 4.69) is 335 Å². The third-order valence-electron chi connectivity index (χ3n) is 26.3. The van der Waals surface area contributed by atoms with Crippen molar-refractivity contribution in [3.8, 4) is 112 Å². The summed E-state index contributed by atoms with van der Waals surface area (Å²) < 4.78 is 18.5. The van der Waals surface area contributed by atoms with Crippen LogP contribution in [0.3, 0.4) is 0 Å². The molecule has 0 unspecified atom stereocenters. The molecule has 0 fully saturated rings. The Morgan fingerprint density at radius 2 is 0.615 bits per heavy atom. The molecule has 26 aromatic rings. The van der Waals surface area contributed by atoms with E-state index in [1.54, 1.807) is 0 Å². The third-order valence-corrected chi connectivity index (χ3v) is 26.3. The Bertz CT molecular complexity index is 9120. The molecule has 18 aromatic carbocycles. The van der Waals surface area contributed by atoms with Gasteiger partial charge < -0.3 is 13.3 Å². The zero-order chi connectivity index (χ0) is 86.1. The Balaban J connectivity index is 0.000000105. The number of nitrogens with zero attached hydrogens (tertiary/aromatic N) is 6. The van der Waals surface area contributed by atoms with Gasteiger partial charge in [-0.1, -0.05) is 305 Å². The molecule has 1 aliphatic rings. The van der Waals surface area contributed by atoms with Gasteiger partial charge in [0.05, 0.1) is 56.2 Å². The predicted molar refractivity (Wildman–Crippen MR) is 537 cm³/mol. The van der Waals surface area contributed by atoms with Gasteiger partial charge in [-0.25, -0.2) is 19.9 Å². The first kappa shape index (κ1) is 75.4. The van der Waals surface area contributed by atoms with Crippen LogP contribution < -0.4 is 0 Å². The lowest BCUT2D eigenvalue weighted by molar-refractivity contribution is 0.661. The molecule has 0 spiro atoms. The van der Waals surface area contributed by atoms with Crippen molar-refractivity contribution in [2.24, 2.45) is 0 Å². The number of fused-ring (bicyclic) bond motifs is 19. The molecule has 8 heterocycles. The minimum absolute atomic E-state index is 0.121. The third kappa shape index (κ3) is 12.8. The smallest absolute Gasteiger partial charge is 0.136 e. The zero-order valence-corrected chi connectivity index (χ0v) is 70.8. The molecule has 8 aromatic heterocycles. The Hall–Kier alpha value is -17.1. The highest BCUT2D eigenvalue weighted by Gasteiger charge is 2.37. The lowest BCUT2D eigenvalue weighted by Gasteiger charge is -2.22. The highest BCUT2D eigenvalue weighted by molar-refractivity contribution is 6.19. The molecule has 608 valence electrons. The molecule has 0 saturated heterocycles. The largest absolute Gasteiger partial charge is 0.456 e. The minimum atomic E-state index is -0.121. The molecule has 0 bridgehead atoms. The van der Waals surface area contributed by atoms with Gasteiger partial charge in [0.1, 0.15) is 33.5 Å². The molecule has 0 amide bonds. The molecule has 0 radical (unpaired) electrons. The van der Waals surface area contributed by atoms with Crippen molar-refractivity contribution in [2.75, 3.05) is 0 Å². The number of furan rings is 3. The number of rotatable bonds is 9. The maximum absolute atomic E-state index is 6.23.